The summed E-state index contributed by atoms with van der Waals surface area (Å²) in [5.41, 5.74) is 2.00. The second kappa shape index (κ2) is 7.50. The Kier molecular flexibility index (Phi) is 6.31. The van der Waals surface area contributed by atoms with Crippen LogP contribution >= 0.6 is 0 Å². The molecule has 0 aliphatic rings. The number of alkyl halides is 3. The highest BCUT2D eigenvalue weighted by Crippen LogP contribution is 2.27. The smallest absolute Gasteiger partial charge is 0.384 e. The van der Waals surface area contributed by atoms with Gasteiger partial charge in [-0.25, -0.2) is 0 Å². The summed E-state index contributed by atoms with van der Waals surface area (Å²) < 4.78 is 41.7. The molecule has 0 heterocycles. The van der Waals surface area contributed by atoms with Crippen molar-refractivity contribution in [3.63, 3.8) is 0 Å². The molecule has 0 aromatic heterocycles. The van der Waals surface area contributed by atoms with E-state index in [1.807, 2.05) is 24.3 Å². The fourth-order valence-corrected chi connectivity index (χ4v) is 1.92. The van der Waals surface area contributed by atoms with Gasteiger partial charge in [-0.3, -0.25) is 0 Å². The monoisotopic (exact) mass is 275 g/mol. The number of hydrogen-bond acceptors (Lipinski definition) is 2. The summed E-state index contributed by atoms with van der Waals surface area (Å²) in [4.78, 5) is 0. The molecule has 1 aromatic rings. The first-order chi connectivity index (χ1) is 8.96. The number of benzene rings is 1. The van der Waals surface area contributed by atoms with E-state index in [1.54, 1.807) is 14.2 Å². The lowest BCUT2D eigenvalue weighted by atomic mass is 10.00. The van der Waals surface area contributed by atoms with Crippen LogP contribution < -0.4 is 5.32 Å². The highest BCUT2D eigenvalue weighted by atomic mass is 19.4. The Morgan fingerprint density at radius 3 is 2.32 bits per heavy atom. The summed E-state index contributed by atoms with van der Waals surface area (Å²) in [6.07, 6.45) is -4.02. The molecule has 0 amide bonds. The van der Waals surface area contributed by atoms with Gasteiger partial charge in [0.25, 0.3) is 0 Å². The lowest BCUT2D eigenvalue weighted by Gasteiger charge is -2.18. The number of hydrogen-bond donors (Lipinski definition) is 1. The number of ether oxygens (including phenoxy) is 1. The second-order valence-corrected chi connectivity index (χ2v) is 4.48. The van der Waals surface area contributed by atoms with Crippen LogP contribution in [0, 0.1) is 0 Å². The van der Waals surface area contributed by atoms with Crippen LogP contribution in [0.3, 0.4) is 0 Å². The van der Waals surface area contributed by atoms with Crippen LogP contribution in [0.2, 0.25) is 0 Å². The van der Waals surface area contributed by atoms with Gasteiger partial charge in [-0.15, -0.1) is 0 Å². The molecule has 19 heavy (non-hydrogen) atoms. The molecule has 0 aliphatic carbocycles. The summed E-state index contributed by atoms with van der Waals surface area (Å²) in [5.74, 6) is 0. The van der Waals surface area contributed by atoms with Gasteiger partial charge >= 0.3 is 6.18 Å². The second-order valence-electron chi connectivity index (χ2n) is 4.48. The molecule has 0 saturated heterocycles. The molecule has 0 bridgehead atoms. The molecular formula is C14H20F3NO. The maximum absolute atomic E-state index is 12.2. The molecule has 0 fully saturated rings. The highest BCUT2D eigenvalue weighted by molar-refractivity contribution is 5.25. The van der Waals surface area contributed by atoms with E-state index in [-0.39, 0.29) is 12.5 Å². The molecule has 1 rings (SSSR count). The van der Waals surface area contributed by atoms with Crippen LogP contribution in [0.5, 0.6) is 0 Å². The number of nitrogens with one attached hydrogen (secondary N) is 1. The highest BCUT2D eigenvalue weighted by Gasteiger charge is 2.28. The third kappa shape index (κ3) is 6.07. The van der Waals surface area contributed by atoms with E-state index >= 15 is 0 Å². The molecule has 0 spiro atoms. The fraction of sp³-hybridized carbons (Fsp3) is 0.571. The molecule has 0 radical (unpaired) electrons. The Morgan fingerprint density at radius 1 is 1.21 bits per heavy atom. The lowest BCUT2D eigenvalue weighted by Crippen LogP contribution is -2.19. The minimum absolute atomic E-state index is 0.0530. The van der Waals surface area contributed by atoms with Gasteiger partial charge in [0.2, 0.25) is 0 Å². The fourth-order valence-electron chi connectivity index (χ4n) is 1.92. The summed E-state index contributed by atoms with van der Waals surface area (Å²) in [6.45, 7) is 0.642. The van der Waals surface area contributed by atoms with Gasteiger partial charge in [0.1, 0.15) is 0 Å². The molecule has 108 valence electrons. The van der Waals surface area contributed by atoms with E-state index in [9.17, 15) is 13.2 Å². The van der Waals surface area contributed by atoms with E-state index in [4.69, 9.17) is 4.74 Å². The van der Waals surface area contributed by atoms with Gasteiger partial charge in [0, 0.05) is 19.6 Å². The Balaban J connectivity index is 2.60. The molecule has 1 atom stereocenters. The first kappa shape index (κ1) is 16.0. The van der Waals surface area contributed by atoms with Gasteiger partial charge in [0.05, 0.1) is 6.61 Å². The number of rotatable bonds is 7. The molecule has 0 saturated carbocycles. The van der Waals surface area contributed by atoms with Crippen LogP contribution in [0.1, 0.15) is 30.0 Å². The van der Waals surface area contributed by atoms with Crippen molar-refractivity contribution in [3.8, 4) is 0 Å². The summed E-state index contributed by atoms with van der Waals surface area (Å²) in [5, 5.41) is 2.93. The predicted molar refractivity (Wildman–Crippen MR) is 69.1 cm³/mol. The maximum atomic E-state index is 12.2. The van der Waals surface area contributed by atoms with Gasteiger partial charge < -0.3 is 10.1 Å². The van der Waals surface area contributed by atoms with Crippen molar-refractivity contribution in [3.05, 3.63) is 35.4 Å². The Labute approximate surface area is 112 Å². The molecule has 1 aromatic carbocycles. The van der Waals surface area contributed by atoms with E-state index in [0.717, 1.165) is 17.5 Å². The van der Waals surface area contributed by atoms with Crippen LogP contribution in [0.4, 0.5) is 13.2 Å². The normalized spacial score (nSPS) is 13.5. The van der Waals surface area contributed by atoms with E-state index in [2.05, 4.69) is 5.32 Å². The topological polar surface area (TPSA) is 21.3 Å². The van der Waals surface area contributed by atoms with E-state index in [1.165, 1.54) is 0 Å². The minimum atomic E-state index is -4.10. The van der Waals surface area contributed by atoms with E-state index in [0.29, 0.717) is 6.61 Å². The van der Waals surface area contributed by atoms with Crippen LogP contribution in [0.25, 0.3) is 0 Å². The summed E-state index contributed by atoms with van der Waals surface area (Å²) in [6, 6.07) is 7.36. The number of halogens is 3. The van der Waals surface area contributed by atoms with Crippen LogP contribution in [-0.4, -0.2) is 26.9 Å². The SMILES string of the molecule is CNC(CCC(F)(F)F)c1ccc(CCOC)cc1. The van der Waals surface area contributed by atoms with Gasteiger partial charge in [-0.2, -0.15) is 13.2 Å². The largest absolute Gasteiger partial charge is 0.389 e. The third-order valence-corrected chi connectivity index (χ3v) is 3.04. The summed E-state index contributed by atoms with van der Waals surface area (Å²) in [7, 11) is 3.32. The molecular weight excluding hydrogens is 255 g/mol. The maximum Gasteiger partial charge on any atom is 0.389 e. The minimum Gasteiger partial charge on any atom is -0.384 e. The van der Waals surface area contributed by atoms with Gasteiger partial charge in [-0.05, 0) is 31.0 Å². The lowest BCUT2D eigenvalue weighted by molar-refractivity contribution is -0.136. The molecule has 1 unspecified atom stereocenters. The standard InChI is InChI=1S/C14H20F3NO/c1-18-13(7-9-14(15,16)17)12-5-3-11(4-6-12)8-10-19-2/h3-6,13,18H,7-10H2,1-2H3. The van der Waals surface area contributed by atoms with Crippen molar-refractivity contribution in [2.75, 3.05) is 20.8 Å². The van der Waals surface area contributed by atoms with Crippen LogP contribution in [-0.2, 0) is 11.2 Å². The molecule has 5 heteroatoms. The Bertz CT molecular complexity index is 362. The Hall–Kier alpha value is -1.07. The van der Waals surface area contributed by atoms with Crippen LogP contribution in [0.15, 0.2) is 24.3 Å². The Morgan fingerprint density at radius 2 is 1.84 bits per heavy atom. The zero-order chi connectivity index (χ0) is 14.3. The van der Waals surface area contributed by atoms with E-state index < -0.39 is 12.6 Å². The average molecular weight is 275 g/mol. The first-order valence-corrected chi connectivity index (χ1v) is 6.28. The average Bonchev–Trinajstić information content (AvgIpc) is 2.37. The zero-order valence-electron chi connectivity index (χ0n) is 11.3. The van der Waals surface area contributed by atoms with Crippen molar-refractivity contribution in [1.82, 2.24) is 5.32 Å². The van der Waals surface area contributed by atoms with Crippen molar-refractivity contribution >= 4 is 0 Å². The third-order valence-electron chi connectivity index (χ3n) is 3.04. The van der Waals surface area contributed by atoms with Crippen molar-refractivity contribution < 1.29 is 17.9 Å². The predicted octanol–water partition coefficient (Wildman–Crippen LogP) is 3.48. The van der Waals surface area contributed by atoms with Crippen molar-refractivity contribution in [1.29, 1.82) is 0 Å². The zero-order valence-corrected chi connectivity index (χ0v) is 11.3. The molecule has 2 nitrogen and oxygen atoms in total. The first-order valence-electron chi connectivity index (χ1n) is 6.28. The quantitative estimate of drug-likeness (QED) is 0.822. The molecule has 0 aliphatic heterocycles. The summed E-state index contributed by atoms with van der Waals surface area (Å²) >= 11 is 0. The van der Waals surface area contributed by atoms with Gasteiger partial charge in [0.15, 0.2) is 0 Å². The van der Waals surface area contributed by atoms with Crippen molar-refractivity contribution in [2.24, 2.45) is 0 Å². The molecule has 1 N–H and O–H groups in total. The van der Waals surface area contributed by atoms with Crippen molar-refractivity contribution in [2.45, 2.75) is 31.5 Å². The number of methoxy groups -OCH3 is 1. The van der Waals surface area contributed by atoms with Gasteiger partial charge in [-0.1, -0.05) is 24.3 Å².